The fraction of sp³-hybridized carbons (Fsp3) is 0.714. The van der Waals surface area contributed by atoms with Gasteiger partial charge < -0.3 is 50.4 Å². The van der Waals surface area contributed by atoms with Crippen LogP contribution in [0.25, 0.3) is 0 Å². The van der Waals surface area contributed by atoms with E-state index in [1.807, 2.05) is 0 Å². The topological polar surface area (TPSA) is 204 Å². The molecule has 4 atom stereocenters. The molecule has 102 valence electrons. The standard InChI is InChI=1S/C6H12O7.CH2O3.K.Zn/c7-1-2(8)3(9)4(10)5(11)6(12)13;2-1(3)4;;/h2-5,7-11H,1H2,(H,12,13);(H2,2,3,4);;/q;;+1;+2/p-3/t2-,3-,4+,5-;;;/m1.../s1. The summed E-state index contributed by atoms with van der Waals surface area (Å²) >= 11 is 0. The molecule has 0 aliphatic rings. The van der Waals surface area contributed by atoms with Gasteiger partial charge >= 0.3 is 70.9 Å². The molecule has 0 bridgehead atoms. The fourth-order valence-corrected chi connectivity index (χ4v) is 0.662. The van der Waals surface area contributed by atoms with Gasteiger partial charge in [0.15, 0.2) is 0 Å². The quantitative estimate of drug-likeness (QED) is 0.293. The number of aliphatic hydroxyl groups is 5. The fourth-order valence-electron chi connectivity index (χ4n) is 0.662. The number of hydrogen-bond donors (Lipinski definition) is 5. The molecule has 0 aromatic heterocycles. The smallest absolute Gasteiger partial charge is 0.652 e. The number of carbonyl (C=O) groups is 2. The summed E-state index contributed by atoms with van der Waals surface area (Å²) in [6.45, 7) is -0.863. The van der Waals surface area contributed by atoms with Gasteiger partial charge in [0.05, 0.1) is 12.6 Å². The molecule has 0 radical (unpaired) electrons. The van der Waals surface area contributed by atoms with E-state index in [1.165, 1.54) is 0 Å². The second-order valence-electron chi connectivity index (χ2n) is 2.74. The van der Waals surface area contributed by atoms with Crippen LogP contribution in [0.1, 0.15) is 0 Å². The Morgan fingerprint density at radius 3 is 1.47 bits per heavy atom. The molecule has 0 amide bonds. The largest absolute Gasteiger partial charge is 2.00 e. The van der Waals surface area contributed by atoms with E-state index in [0.29, 0.717) is 0 Å². The third kappa shape index (κ3) is 15.0. The molecule has 10 nitrogen and oxygen atoms in total. The van der Waals surface area contributed by atoms with Crippen LogP contribution in [0, 0.1) is 0 Å². The zero-order valence-electron chi connectivity index (χ0n) is 10.0. The Bertz CT molecular complexity index is 248. The van der Waals surface area contributed by atoms with Crippen molar-refractivity contribution in [1.82, 2.24) is 0 Å². The van der Waals surface area contributed by atoms with Crippen molar-refractivity contribution in [2.24, 2.45) is 0 Å². The predicted octanol–water partition coefficient (Wildman–Crippen LogP) is -10.3. The Kier molecular flexibility index (Phi) is 22.4. The normalized spacial score (nSPS) is 15.2. The molecular weight excluding hydrogens is 349 g/mol. The van der Waals surface area contributed by atoms with E-state index in [2.05, 4.69) is 0 Å². The second-order valence-corrected chi connectivity index (χ2v) is 2.74. The molecule has 12 heteroatoms. The first-order valence-corrected chi connectivity index (χ1v) is 4.07. The first-order chi connectivity index (χ1) is 7.64. The van der Waals surface area contributed by atoms with Crippen molar-refractivity contribution in [3.8, 4) is 0 Å². The van der Waals surface area contributed by atoms with Crippen LogP contribution in [0.5, 0.6) is 0 Å². The molecule has 19 heavy (non-hydrogen) atoms. The molecule has 0 rings (SSSR count). The molecule has 0 aromatic rings. The summed E-state index contributed by atoms with van der Waals surface area (Å²) < 4.78 is 0. The van der Waals surface area contributed by atoms with Gasteiger partial charge in [-0.25, -0.2) is 0 Å². The summed E-state index contributed by atoms with van der Waals surface area (Å²) in [5.74, 6) is -1.98. The second kappa shape index (κ2) is 15.2. The minimum Gasteiger partial charge on any atom is -0.652 e. The van der Waals surface area contributed by atoms with Crippen molar-refractivity contribution in [2.45, 2.75) is 24.4 Å². The van der Waals surface area contributed by atoms with Gasteiger partial charge in [-0.2, -0.15) is 0 Å². The van der Waals surface area contributed by atoms with Gasteiger partial charge in [-0.1, -0.05) is 0 Å². The van der Waals surface area contributed by atoms with Crippen LogP contribution >= 0.6 is 0 Å². The monoisotopic (exact) mass is 358 g/mol. The van der Waals surface area contributed by atoms with Gasteiger partial charge in [-0.05, 0) is 6.16 Å². The summed E-state index contributed by atoms with van der Waals surface area (Å²) in [5, 5.41) is 70.1. The van der Waals surface area contributed by atoms with Crippen molar-refractivity contribution in [3.63, 3.8) is 0 Å². The maximum Gasteiger partial charge on any atom is 2.00 e. The average molecular weight is 360 g/mol. The van der Waals surface area contributed by atoms with Crippen molar-refractivity contribution in [2.75, 3.05) is 6.61 Å². The number of rotatable bonds is 5. The molecule has 0 aliphatic carbocycles. The summed E-state index contributed by atoms with van der Waals surface area (Å²) in [6.07, 6.45) is -10.4. The number of carboxylic acid groups (broad SMARTS) is 3. The third-order valence-electron chi connectivity index (χ3n) is 1.50. The van der Waals surface area contributed by atoms with Gasteiger partial charge in [-0.3, -0.25) is 0 Å². The number of aliphatic hydroxyl groups excluding tert-OH is 5. The zero-order valence-corrected chi connectivity index (χ0v) is 16.1. The molecule has 0 spiro atoms. The van der Waals surface area contributed by atoms with E-state index in [1.54, 1.807) is 0 Å². The van der Waals surface area contributed by atoms with Crippen LogP contribution in [0.4, 0.5) is 4.79 Å². The van der Waals surface area contributed by atoms with Crippen molar-refractivity contribution < 1.29 is 121 Å². The van der Waals surface area contributed by atoms with Crippen molar-refractivity contribution >= 4 is 12.1 Å². The van der Waals surface area contributed by atoms with Gasteiger partial charge in [0.2, 0.25) is 0 Å². The number of carbonyl (C=O) groups excluding carboxylic acids is 2. The SMILES string of the molecule is O=C([O-])[C@H](O)[C@@H](O)[C@H](O)[C@H](O)CO.O=C([O-])[O-].[K+].[Zn+2]. The molecule has 0 saturated heterocycles. The van der Waals surface area contributed by atoms with E-state index < -0.39 is 43.1 Å². The van der Waals surface area contributed by atoms with Crippen LogP contribution in [-0.2, 0) is 24.3 Å². The molecule has 0 unspecified atom stereocenters. The Labute approximate surface area is 162 Å². The Balaban J connectivity index is -0.000000165. The minimum absolute atomic E-state index is 0. The van der Waals surface area contributed by atoms with Gasteiger partial charge in [0, 0.05) is 0 Å². The first-order valence-electron chi connectivity index (χ1n) is 4.07. The molecule has 0 aliphatic heterocycles. The summed E-state index contributed by atoms with van der Waals surface area (Å²) in [6, 6.07) is 0. The molecule has 5 N–H and O–H groups in total. The number of carboxylic acids is 1. The van der Waals surface area contributed by atoms with Gasteiger partial charge in [-0.15, -0.1) is 0 Å². The maximum atomic E-state index is 9.98. The number of aliphatic carboxylic acids is 1. The molecule has 0 aromatic carbocycles. The van der Waals surface area contributed by atoms with Crippen molar-refractivity contribution in [3.05, 3.63) is 0 Å². The Hall–Kier alpha value is 0.800. The first kappa shape index (κ1) is 28.0. The van der Waals surface area contributed by atoms with Crippen LogP contribution in [-0.4, -0.2) is 68.7 Å². The van der Waals surface area contributed by atoms with Crippen LogP contribution in [0.2, 0.25) is 0 Å². The Morgan fingerprint density at radius 2 is 1.26 bits per heavy atom. The summed E-state index contributed by atoms with van der Waals surface area (Å²) in [4.78, 5) is 18.3. The summed E-state index contributed by atoms with van der Waals surface area (Å²) in [7, 11) is 0. The molecule has 0 fully saturated rings. The molecule has 0 saturated carbocycles. The van der Waals surface area contributed by atoms with Gasteiger partial charge in [0.1, 0.15) is 24.4 Å². The predicted molar refractivity (Wildman–Crippen MR) is 41.5 cm³/mol. The minimum atomic E-state index is -2.33. The van der Waals surface area contributed by atoms with Crippen LogP contribution in [0.15, 0.2) is 0 Å². The Morgan fingerprint density at radius 1 is 0.947 bits per heavy atom. The van der Waals surface area contributed by atoms with E-state index >= 15 is 0 Å². The van der Waals surface area contributed by atoms with Crippen LogP contribution < -0.4 is 66.7 Å². The molecule has 0 heterocycles. The average Bonchev–Trinajstić information content (AvgIpc) is 2.23. The van der Waals surface area contributed by atoms with E-state index in [9.17, 15) is 9.90 Å². The zero-order chi connectivity index (χ0) is 14.2. The van der Waals surface area contributed by atoms with Crippen molar-refractivity contribution in [1.29, 1.82) is 0 Å². The van der Waals surface area contributed by atoms with E-state index in [4.69, 9.17) is 40.5 Å². The van der Waals surface area contributed by atoms with E-state index in [0.717, 1.165) is 0 Å². The summed E-state index contributed by atoms with van der Waals surface area (Å²) in [5.41, 5.74) is 0. The third-order valence-corrected chi connectivity index (χ3v) is 1.50. The van der Waals surface area contributed by atoms with Crippen LogP contribution in [0.3, 0.4) is 0 Å². The maximum absolute atomic E-state index is 9.98. The number of hydrogen-bond acceptors (Lipinski definition) is 10. The van der Waals surface area contributed by atoms with E-state index in [-0.39, 0.29) is 70.9 Å². The molecular formula is C7H11KO10Zn. The van der Waals surface area contributed by atoms with Gasteiger partial charge in [0.25, 0.3) is 0 Å².